The van der Waals surface area contributed by atoms with Gasteiger partial charge in [-0.3, -0.25) is 0 Å². The van der Waals surface area contributed by atoms with Gasteiger partial charge in [0.15, 0.2) is 0 Å². The van der Waals surface area contributed by atoms with Crippen LogP contribution >= 0.6 is 0 Å². The summed E-state index contributed by atoms with van der Waals surface area (Å²) in [5.41, 5.74) is 2.90. The molecule has 0 radical (unpaired) electrons. The van der Waals surface area contributed by atoms with Crippen molar-refractivity contribution in [3.05, 3.63) is 176 Å². The quantitative estimate of drug-likeness (QED) is 0.143. The first-order valence-electron chi connectivity index (χ1n) is 18.4. The molecular weight excluding hydrogens is 681 g/mol. The van der Waals surface area contributed by atoms with Crippen molar-refractivity contribution in [1.82, 2.24) is 9.97 Å². The molecule has 1 aromatic heterocycles. The van der Waals surface area contributed by atoms with Gasteiger partial charge in [0.1, 0.15) is 17.3 Å². The fourth-order valence-electron chi connectivity index (χ4n) is 7.64. The Kier molecular flexibility index (Phi) is 9.85. The molecule has 0 amide bonds. The van der Waals surface area contributed by atoms with Crippen LogP contribution in [-0.4, -0.2) is 26.6 Å². The lowest BCUT2D eigenvalue weighted by molar-refractivity contribution is 0.508. The van der Waals surface area contributed by atoms with Gasteiger partial charge in [0.25, 0.3) is 0 Å². The summed E-state index contributed by atoms with van der Waals surface area (Å²) < 4.78 is 14.5. The molecule has 7 aromatic rings. The van der Waals surface area contributed by atoms with E-state index in [2.05, 4.69) is 216 Å². The summed E-state index contributed by atoms with van der Waals surface area (Å²) in [4.78, 5) is 8.42. The van der Waals surface area contributed by atoms with Crippen LogP contribution in [0.2, 0.25) is 10.1 Å². The molecule has 0 aliphatic carbocycles. The van der Waals surface area contributed by atoms with E-state index in [0.717, 1.165) is 34.1 Å². The maximum absolute atomic E-state index is 7.23. The minimum Gasteiger partial charge on any atom is -0.534 e. The average molecular weight is 729 g/mol. The zero-order valence-corrected chi connectivity index (χ0v) is 33.5. The Morgan fingerprint density at radius 1 is 0.415 bits per heavy atom. The number of aromatic amines is 1. The van der Waals surface area contributed by atoms with Crippen LogP contribution in [0.3, 0.4) is 0 Å². The third-order valence-electron chi connectivity index (χ3n) is 10.2. The van der Waals surface area contributed by atoms with E-state index in [1.807, 2.05) is 6.20 Å². The van der Waals surface area contributed by atoms with Gasteiger partial charge in [-0.2, -0.15) is 0 Å². The lowest BCUT2D eigenvalue weighted by atomic mass is 10.1. The molecule has 0 bridgehead atoms. The fourth-order valence-corrected chi connectivity index (χ4v) is 16.5. The van der Waals surface area contributed by atoms with Crippen LogP contribution < -0.4 is 29.6 Å². The smallest absolute Gasteiger partial charge is 0.319 e. The monoisotopic (exact) mass is 728 g/mol. The molecule has 6 aromatic carbocycles. The Morgan fingerprint density at radius 2 is 0.736 bits per heavy atom. The lowest BCUT2D eigenvalue weighted by Gasteiger charge is -2.43. The summed E-state index contributed by atoms with van der Waals surface area (Å²) in [6.07, 6.45) is 1.97. The molecule has 1 N–H and O–H groups in total. The first-order chi connectivity index (χ1) is 25.5. The van der Waals surface area contributed by atoms with Gasteiger partial charge in [0.05, 0.1) is 5.69 Å². The molecule has 0 fully saturated rings. The molecule has 7 rings (SSSR count). The third-order valence-corrected chi connectivity index (χ3v) is 20.1. The van der Waals surface area contributed by atoms with Gasteiger partial charge < -0.3 is 13.8 Å². The third kappa shape index (κ3) is 6.92. The van der Waals surface area contributed by atoms with Crippen molar-refractivity contribution < 1.29 is 8.85 Å². The van der Waals surface area contributed by atoms with Crippen LogP contribution in [0.4, 0.5) is 0 Å². The number of imidazole rings is 1. The van der Waals surface area contributed by atoms with Crippen molar-refractivity contribution in [3.63, 3.8) is 0 Å². The second-order valence-electron chi connectivity index (χ2n) is 15.7. The minimum atomic E-state index is -2.73. The average Bonchev–Trinajstić information content (AvgIpc) is 3.67. The number of benzene rings is 6. The lowest BCUT2D eigenvalue weighted by Crippen LogP contribution is -2.68. The van der Waals surface area contributed by atoms with Crippen LogP contribution in [0.1, 0.15) is 41.5 Å². The van der Waals surface area contributed by atoms with Crippen molar-refractivity contribution >= 4 is 37.4 Å². The Bertz CT molecular complexity index is 1980. The predicted molar refractivity (Wildman–Crippen MR) is 226 cm³/mol. The summed E-state index contributed by atoms with van der Waals surface area (Å²) in [5.74, 6) is 2.52. The summed E-state index contributed by atoms with van der Waals surface area (Å²) in [7, 11) is -5.45. The van der Waals surface area contributed by atoms with Crippen LogP contribution in [0.25, 0.3) is 22.6 Å². The maximum atomic E-state index is 7.23. The van der Waals surface area contributed by atoms with Crippen LogP contribution in [0.15, 0.2) is 176 Å². The van der Waals surface area contributed by atoms with E-state index in [-0.39, 0.29) is 10.1 Å². The van der Waals surface area contributed by atoms with Gasteiger partial charge in [-0.05, 0) is 79.4 Å². The van der Waals surface area contributed by atoms with E-state index in [0.29, 0.717) is 0 Å². The summed E-state index contributed by atoms with van der Waals surface area (Å²) in [6, 6.07) is 59.7. The van der Waals surface area contributed by atoms with Gasteiger partial charge in [0, 0.05) is 17.3 Å². The van der Waals surface area contributed by atoms with Crippen molar-refractivity contribution in [3.8, 4) is 34.1 Å². The molecular formula is C47H48N2O2Si2. The van der Waals surface area contributed by atoms with Crippen LogP contribution in [0.5, 0.6) is 11.5 Å². The van der Waals surface area contributed by atoms with E-state index >= 15 is 0 Å². The van der Waals surface area contributed by atoms with E-state index in [4.69, 9.17) is 13.8 Å². The molecule has 266 valence electrons. The molecule has 0 atom stereocenters. The number of H-pyrrole nitrogens is 1. The predicted octanol–water partition coefficient (Wildman–Crippen LogP) is 9.62. The molecule has 0 aliphatic rings. The first kappa shape index (κ1) is 35.9. The van der Waals surface area contributed by atoms with Gasteiger partial charge in [0.2, 0.25) is 0 Å². The first-order valence-corrected chi connectivity index (χ1v) is 22.2. The maximum Gasteiger partial charge on any atom is 0.319 e. The molecule has 4 nitrogen and oxygen atoms in total. The molecule has 0 saturated heterocycles. The van der Waals surface area contributed by atoms with Crippen molar-refractivity contribution in [2.24, 2.45) is 0 Å². The molecule has 6 heteroatoms. The van der Waals surface area contributed by atoms with Crippen LogP contribution in [0, 0.1) is 0 Å². The van der Waals surface area contributed by atoms with Crippen LogP contribution in [-0.2, 0) is 0 Å². The molecule has 53 heavy (non-hydrogen) atoms. The highest BCUT2D eigenvalue weighted by Gasteiger charge is 2.53. The van der Waals surface area contributed by atoms with E-state index < -0.39 is 16.6 Å². The number of aromatic nitrogens is 2. The Hall–Kier alpha value is -5.44. The van der Waals surface area contributed by atoms with Gasteiger partial charge >= 0.3 is 16.6 Å². The number of hydrogen-bond acceptors (Lipinski definition) is 3. The van der Waals surface area contributed by atoms with Gasteiger partial charge in [-0.25, -0.2) is 4.98 Å². The van der Waals surface area contributed by atoms with Gasteiger partial charge in [-0.1, -0.05) is 163 Å². The Balaban J connectivity index is 1.15. The molecule has 0 spiro atoms. The second kappa shape index (κ2) is 14.5. The van der Waals surface area contributed by atoms with Gasteiger partial charge in [-0.15, -0.1) is 0 Å². The Morgan fingerprint density at radius 3 is 1.06 bits per heavy atom. The van der Waals surface area contributed by atoms with E-state index in [9.17, 15) is 0 Å². The molecule has 0 saturated carbocycles. The molecule has 1 heterocycles. The zero-order valence-electron chi connectivity index (χ0n) is 31.5. The minimum absolute atomic E-state index is 0.119. The topological polar surface area (TPSA) is 47.1 Å². The van der Waals surface area contributed by atoms with E-state index in [1.165, 1.54) is 20.7 Å². The number of rotatable bonds is 10. The highest BCUT2D eigenvalue weighted by Crippen LogP contribution is 2.39. The zero-order chi connectivity index (χ0) is 37.1. The highest BCUT2D eigenvalue weighted by atomic mass is 28.4. The highest BCUT2D eigenvalue weighted by molar-refractivity contribution is 7.00. The molecule has 0 unspecified atom stereocenters. The summed E-state index contributed by atoms with van der Waals surface area (Å²) in [5, 5.41) is 4.77. The fraction of sp³-hybridized carbons (Fsp3) is 0.170. The molecule has 0 aliphatic heterocycles. The normalized spacial score (nSPS) is 12.3. The Labute approximate surface area is 316 Å². The standard InChI is InChI=1S/C47H48N2O2Si2/c1-46(2,3)52(40-19-11-7-12-20-40,41-21-13-8-14-22-41)50-38-31-27-36(28-32-38)44-35-48-45(49-44)37-29-33-39(34-30-37)51-53(47(4,5)6,42-23-15-9-16-24-42)43-25-17-10-18-26-43/h7-35H,1-6H3,(H,48,49). The summed E-state index contributed by atoms with van der Waals surface area (Å²) >= 11 is 0. The summed E-state index contributed by atoms with van der Waals surface area (Å²) in [6.45, 7) is 13.8. The van der Waals surface area contributed by atoms with Crippen molar-refractivity contribution in [2.45, 2.75) is 51.6 Å². The SMILES string of the molecule is CC(C)(C)[Si](Oc1ccc(-c2c[nH]c(-c3ccc(O[Si](c4ccccc4)(c4ccccc4)C(C)(C)C)cc3)n2)cc1)(c1ccccc1)c1ccccc1. The van der Waals surface area contributed by atoms with Crippen molar-refractivity contribution in [1.29, 1.82) is 0 Å². The number of nitrogens with zero attached hydrogens (tertiary/aromatic N) is 1. The number of nitrogens with one attached hydrogen (secondary N) is 1. The second-order valence-corrected chi connectivity index (χ2v) is 24.2. The van der Waals surface area contributed by atoms with Crippen molar-refractivity contribution in [2.75, 3.05) is 0 Å². The van der Waals surface area contributed by atoms with E-state index in [1.54, 1.807) is 0 Å². The largest absolute Gasteiger partial charge is 0.534 e. The number of hydrogen-bond donors (Lipinski definition) is 1.